The van der Waals surface area contributed by atoms with Gasteiger partial charge in [-0.15, -0.1) is 0 Å². The molecule has 0 unspecified atom stereocenters. The average Bonchev–Trinajstić information content (AvgIpc) is 3.05. The predicted octanol–water partition coefficient (Wildman–Crippen LogP) is 0.377. The Hall–Kier alpha value is -1.66. The quantitative estimate of drug-likeness (QED) is 0.726. The fourth-order valence-electron chi connectivity index (χ4n) is 2.65. The third-order valence-electron chi connectivity index (χ3n) is 3.91. The van der Waals surface area contributed by atoms with E-state index >= 15 is 0 Å². The molecule has 2 aliphatic rings. The van der Waals surface area contributed by atoms with Crippen LogP contribution in [0.2, 0.25) is 0 Å². The topological polar surface area (TPSA) is 85.3 Å². The number of H-pyrrole nitrogens is 1. The fraction of sp³-hybridized carbons (Fsp3) is 0.538. The van der Waals surface area contributed by atoms with Gasteiger partial charge in [0.25, 0.3) is 0 Å². The summed E-state index contributed by atoms with van der Waals surface area (Å²) in [4.78, 5) is 14.3. The van der Waals surface area contributed by atoms with Gasteiger partial charge in [-0.3, -0.25) is 0 Å². The van der Waals surface area contributed by atoms with Gasteiger partial charge in [0.05, 0.1) is 17.6 Å². The second-order valence-electron chi connectivity index (χ2n) is 5.46. The molecule has 1 aliphatic carbocycles. The average molecular weight is 260 g/mol. The molecular weight excluding hydrogens is 244 g/mol. The van der Waals surface area contributed by atoms with Gasteiger partial charge in [0.2, 0.25) is 0 Å². The zero-order valence-corrected chi connectivity index (χ0v) is 10.5. The van der Waals surface area contributed by atoms with Crippen LogP contribution in [-0.4, -0.2) is 50.5 Å². The van der Waals surface area contributed by atoms with Crippen LogP contribution < -0.4 is 4.90 Å². The molecule has 2 aromatic heterocycles. The first kappa shape index (κ1) is 11.2. The van der Waals surface area contributed by atoms with Gasteiger partial charge < -0.3 is 20.1 Å². The Bertz CT molecular complexity index is 612. The highest BCUT2D eigenvalue weighted by Gasteiger charge is 2.33. The van der Waals surface area contributed by atoms with E-state index in [2.05, 4.69) is 15.0 Å². The highest BCUT2D eigenvalue weighted by Crippen LogP contribution is 2.40. The van der Waals surface area contributed by atoms with Gasteiger partial charge in [0.15, 0.2) is 0 Å². The van der Waals surface area contributed by atoms with Crippen LogP contribution in [0.4, 0.5) is 5.82 Å². The minimum atomic E-state index is -0.701. The molecule has 0 amide bonds. The summed E-state index contributed by atoms with van der Waals surface area (Å²) in [5.41, 5.74) is 0.836. The molecule has 1 saturated heterocycles. The Labute approximate surface area is 110 Å². The van der Waals surface area contributed by atoms with Crippen LogP contribution >= 0.6 is 0 Å². The molecule has 2 atom stereocenters. The molecule has 0 spiro atoms. The van der Waals surface area contributed by atoms with Crippen LogP contribution in [0.3, 0.4) is 0 Å². The van der Waals surface area contributed by atoms with E-state index in [1.165, 1.54) is 0 Å². The van der Waals surface area contributed by atoms with Crippen molar-refractivity contribution in [3.63, 3.8) is 0 Å². The standard InChI is InChI=1S/C13H16N4O2/c18-9-5-17(6-10(9)19)13-8-3-4-14-12(8)15-11(16-13)7-1-2-7/h3-4,7,9-10,18-19H,1-2,5-6H2,(H,14,15,16)/t9-,10+. The Morgan fingerprint density at radius 1 is 1.16 bits per heavy atom. The molecule has 4 rings (SSSR count). The van der Waals surface area contributed by atoms with Gasteiger partial charge in [-0.05, 0) is 18.9 Å². The molecule has 0 radical (unpaired) electrons. The minimum Gasteiger partial charge on any atom is -0.389 e. The Morgan fingerprint density at radius 2 is 1.89 bits per heavy atom. The SMILES string of the molecule is O[C@@H]1CN(c2nc(C3CC3)nc3[nH]ccc23)C[C@@H]1O. The lowest BCUT2D eigenvalue weighted by atomic mass is 10.3. The summed E-state index contributed by atoms with van der Waals surface area (Å²) in [6.45, 7) is 0.838. The van der Waals surface area contributed by atoms with Crippen molar-refractivity contribution in [2.75, 3.05) is 18.0 Å². The Balaban J connectivity index is 1.81. The number of hydrogen-bond acceptors (Lipinski definition) is 5. The van der Waals surface area contributed by atoms with Crippen molar-refractivity contribution in [1.82, 2.24) is 15.0 Å². The van der Waals surface area contributed by atoms with Crippen LogP contribution in [0.25, 0.3) is 11.0 Å². The van der Waals surface area contributed by atoms with E-state index in [-0.39, 0.29) is 0 Å². The van der Waals surface area contributed by atoms with Crippen molar-refractivity contribution in [3.05, 3.63) is 18.1 Å². The molecule has 3 heterocycles. The molecule has 2 fully saturated rings. The lowest BCUT2D eigenvalue weighted by Crippen LogP contribution is -2.23. The van der Waals surface area contributed by atoms with Gasteiger partial charge in [0, 0.05) is 25.2 Å². The number of β-amino-alcohol motifs (C(OH)–C–C–N with tert-alkyl or cyclic N) is 2. The molecule has 19 heavy (non-hydrogen) atoms. The maximum atomic E-state index is 9.70. The van der Waals surface area contributed by atoms with Crippen molar-refractivity contribution in [1.29, 1.82) is 0 Å². The fourth-order valence-corrected chi connectivity index (χ4v) is 2.65. The van der Waals surface area contributed by atoms with E-state index in [4.69, 9.17) is 0 Å². The van der Waals surface area contributed by atoms with E-state index in [9.17, 15) is 10.2 Å². The zero-order valence-electron chi connectivity index (χ0n) is 10.5. The molecule has 2 aromatic rings. The Morgan fingerprint density at radius 3 is 2.58 bits per heavy atom. The number of aliphatic hydroxyl groups excluding tert-OH is 2. The van der Waals surface area contributed by atoms with Gasteiger partial charge in [-0.1, -0.05) is 0 Å². The summed E-state index contributed by atoms with van der Waals surface area (Å²) >= 11 is 0. The largest absolute Gasteiger partial charge is 0.389 e. The molecule has 0 aromatic carbocycles. The Kier molecular flexibility index (Phi) is 2.31. The molecule has 1 saturated carbocycles. The number of fused-ring (bicyclic) bond motifs is 1. The molecule has 100 valence electrons. The number of aliphatic hydroxyl groups is 2. The molecule has 3 N–H and O–H groups in total. The van der Waals surface area contributed by atoms with Gasteiger partial charge in [0.1, 0.15) is 17.3 Å². The van der Waals surface area contributed by atoms with Crippen molar-refractivity contribution in [2.24, 2.45) is 0 Å². The maximum Gasteiger partial charge on any atom is 0.143 e. The lowest BCUT2D eigenvalue weighted by molar-refractivity contribution is 0.0572. The van der Waals surface area contributed by atoms with E-state index < -0.39 is 12.2 Å². The molecule has 6 nitrogen and oxygen atoms in total. The summed E-state index contributed by atoms with van der Waals surface area (Å²) in [6.07, 6.45) is 2.75. The first-order valence-electron chi connectivity index (χ1n) is 6.68. The monoisotopic (exact) mass is 260 g/mol. The second-order valence-corrected chi connectivity index (χ2v) is 5.46. The third-order valence-corrected chi connectivity index (χ3v) is 3.91. The summed E-state index contributed by atoms with van der Waals surface area (Å²) in [5, 5.41) is 20.3. The highest BCUT2D eigenvalue weighted by atomic mass is 16.3. The summed E-state index contributed by atoms with van der Waals surface area (Å²) in [6, 6.07) is 1.94. The third kappa shape index (κ3) is 1.79. The molecule has 0 bridgehead atoms. The number of anilines is 1. The number of hydrogen-bond donors (Lipinski definition) is 3. The lowest BCUT2D eigenvalue weighted by Gasteiger charge is -2.18. The number of aromatic amines is 1. The van der Waals surface area contributed by atoms with E-state index in [1.807, 2.05) is 17.2 Å². The normalized spacial score (nSPS) is 27.4. The van der Waals surface area contributed by atoms with Crippen molar-refractivity contribution >= 4 is 16.9 Å². The zero-order chi connectivity index (χ0) is 13.0. The second kappa shape index (κ2) is 3.91. The number of aromatic nitrogens is 3. The number of nitrogens with one attached hydrogen (secondary N) is 1. The summed E-state index contributed by atoms with van der Waals surface area (Å²) < 4.78 is 0. The first-order chi connectivity index (χ1) is 9.22. The van der Waals surface area contributed by atoms with Crippen LogP contribution in [0, 0.1) is 0 Å². The summed E-state index contributed by atoms with van der Waals surface area (Å²) in [5.74, 6) is 2.17. The maximum absolute atomic E-state index is 9.70. The van der Waals surface area contributed by atoms with Crippen molar-refractivity contribution in [3.8, 4) is 0 Å². The molecule has 1 aliphatic heterocycles. The smallest absolute Gasteiger partial charge is 0.143 e. The first-order valence-corrected chi connectivity index (χ1v) is 6.68. The van der Waals surface area contributed by atoms with Gasteiger partial charge >= 0.3 is 0 Å². The number of nitrogens with zero attached hydrogens (tertiary/aromatic N) is 3. The highest BCUT2D eigenvalue weighted by molar-refractivity contribution is 5.87. The number of rotatable bonds is 2. The van der Waals surface area contributed by atoms with Crippen LogP contribution in [0.5, 0.6) is 0 Å². The van der Waals surface area contributed by atoms with Gasteiger partial charge in [-0.25, -0.2) is 9.97 Å². The van der Waals surface area contributed by atoms with Gasteiger partial charge in [-0.2, -0.15) is 0 Å². The van der Waals surface area contributed by atoms with E-state index in [0.29, 0.717) is 19.0 Å². The molecule has 6 heteroatoms. The predicted molar refractivity (Wildman–Crippen MR) is 70.1 cm³/mol. The minimum absolute atomic E-state index is 0.419. The molecular formula is C13H16N4O2. The van der Waals surface area contributed by atoms with Crippen molar-refractivity contribution < 1.29 is 10.2 Å². The van der Waals surface area contributed by atoms with Crippen LogP contribution in [0.15, 0.2) is 12.3 Å². The van der Waals surface area contributed by atoms with E-state index in [1.54, 1.807) is 0 Å². The van der Waals surface area contributed by atoms with E-state index in [0.717, 1.165) is 35.5 Å². The summed E-state index contributed by atoms with van der Waals surface area (Å²) in [7, 11) is 0. The van der Waals surface area contributed by atoms with Crippen LogP contribution in [0.1, 0.15) is 24.6 Å². The van der Waals surface area contributed by atoms with Crippen molar-refractivity contribution in [2.45, 2.75) is 31.0 Å². The van der Waals surface area contributed by atoms with Crippen LogP contribution in [-0.2, 0) is 0 Å².